The molecular weight excluding hydrogens is 164 g/mol. The Morgan fingerprint density at radius 2 is 1.75 bits per heavy atom. The third kappa shape index (κ3) is 1.09. The molecule has 0 aliphatic heterocycles. The van der Waals surface area contributed by atoms with E-state index in [0.717, 1.165) is 12.1 Å². The van der Waals surface area contributed by atoms with Crippen LogP contribution >= 0.6 is 0 Å². The summed E-state index contributed by atoms with van der Waals surface area (Å²) in [5.74, 6) is 0. The fourth-order valence-corrected chi connectivity index (χ4v) is 0.716. The first-order valence-electron chi connectivity index (χ1n) is 2.92. The number of hydrogen-bond acceptors (Lipinski definition) is 6. The van der Waals surface area contributed by atoms with Gasteiger partial charge in [-0.05, 0) is 12.1 Å². The second kappa shape index (κ2) is 2.95. The van der Waals surface area contributed by atoms with Crippen molar-refractivity contribution in [2.24, 2.45) is 10.3 Å². The van der Waals surface area contributed by atoms with Crippen LogP contribution < -0.4 is 21.6 Å². The smallest absolute Gasteiger partial charge is 0.240 e. The molecule has 12 heavy (non-hydrogen) atoms. The minimum atomic E-state index is -0.896. The summed E-state index contributed by atoms with van der Waals surface area (Å²) < 4.78 is 0. The van der Waals surface area contributed by atoms with E-state index in [1.54, 1.807) is 0 Å². The van der Waals surface area contributed by atoms with Crippen molar-refractivity contribution in [2.45, 2.75) is 0 Å². The number of rotatable bonds is 0. The van der Waals surface area contributed by atoms with Crippen LogP contribution in [0.15, 0.2) is 32.0 Å². The Labute approximate surface area is 65.0 Å². The molecule has 0 atom stereocenters. The van der Waals surface area contributed by atoms with Gasteiger partial charge < -0.3 is 10.4 Å². The van der Waals surface area contributed by atoms with Crippen LogP contribution in [0.2, 0.25) is 0 Å². The van der Waals surface area contributed by atoms with E-state index in [9.17, 15) is 9.59 Å². The van der Waals surface area contributed by atoms with E-state index < -0.39 is 16.2 Å². The molecule has 1 aromatic carbocycles. The predicted molar refractivity (Wildman–Crippen MR) is 36.1 cm³/mol. The molecule has 0 fully saturated rings. The lowest BCUT2D eigenvalue weighted by molar-refractivity contribution is 0.295. The van der Waals surface area contributed by atoms with Crippen LogP contribution in [-0.4, -0.2) is 10.4 Å². The van der Waals surface area contributed by atoms with Gasteiger partial charge in [-0.25, -0.2) is 0 Å². The molecule has 0 heterocycles. The minimum absolute atomic E-state index is 0.331. The van der Waals surface area contributed by atoms with E-state index in [-0.39, 0.29) is 5.36 Å². The summed E-state index contributed by atoms with van der Waals surface area (Å²) in [7, 11) is 0. The van der Waals surface area contributed by atoms with Crippen molar-refractivity contribution in [3.05, 3.63) is 43.3 Å². The highest BCUT2D eigenvalue weighted by Crippen LogP contribution is 1.54. The molecule has 62 valence electrons. The maximum absolute atomic E-state index is 10.9. The van der Waals surface area contributed by atoms with Gasteiger partial charge in [0.25, 0.3) is 0 Å². The van der Waals surface area contributed by atoms with E-state index in [0.29, 0.717) is 0 Å². The van der Waals surface area contributed by atoms with Crippen LogP contribution in [0.1, 0.15) is 0 Å². The van der Waals surface area contributed by atoms with Gasteiger partial charge in [-0.3, -0.25) is 9.59 Å². The molecule has 6 heteroatoms. The van der Waals surface area contributed by atoms with E-state index in [1.807, 2.05) is 0 Å². The highest BCUT2D eigenvalue weighted by molar-refractivity contribution is 5.01. The standard InChI is InChI=1S/C6H4N2O4/c9-4-2-1-3(7-11)6(10)5(4)8-12/h1-2,11-12H/b7-3-,8-5-. The van der Waals surface area contributed by atoms with Gasteiger partial charge in [0.1, 0.15) is 0 Å². The topological polar surface area (TPSA) is 99.3 Å². The molecule has 0 saturated carbocycles. The first-order chi connectivity index (χ1) is 5.70. The lowest BCUT2D eigenvalue weighted by atomic mass is 10.3. The summed E-state index contributed by atoms with van der Waals surface area (Å²) in [5, 5.41) is 20.6. The molecule has 0 aliphatic rings. The third-order valence-electron chi connectivity index (χ3n) is 1.28. The lowest BCUT2D eigenvalue weighted by Gasteiger charge is -1.79. The van der Waals surface area contributed by atoms with Gasteiger partial charge in [-0.2, -0.15) is 0 Å². The van der Waals surface area contributed by atoms with Crippen LogP contribution in [0.5, 0.6) is 0 Å². The second-order valence-corrected chi connectivity index (χ2v) is 1.96. The van der Waals surface area contributed by atoms with Crippen molar-refractivity contribution in [1.82, 2.24) is 0 Å². The van der Waals surface area contributed by atoms with Gasteiger partial charge in [-0.1, -0.05) is 10.3 Å². The van der Waals surface area contributed by atoms with Crippen molar-refractivity contribution in [3.63, 3.8) is 0 Å². The Morgan fingerprint density at radius 3 is 2.25 bits per heavy atom. The van der Waals surface area contributed by atoms with E-state index in [2.05, 4.69) is 10.3 Å². The molecule has 0 aromatic heterocycles. The first-order valence-corrected chi connectivity index (χ1v) is 2.92. The summed E-state index contributed by atoms with van der Waals surface area (Å²) in [6.07, 6.45) is 0. The SMILES string of the molecule is O=c1cc/c(=N/O)c(=O)/c1=N\O. The molecule has 0 unspecified atom stereocenters. The Hall–Kier alpha value is -1.98. The molecule has 0 aliphatic carbocycles. The lowest BCUT2D eigenvalue weighted by Crippen LogP contribution is -2.47. The molecule has 6 nitrogen and oxygen atoms in total. The number of benzene rings is 1. The summed E-state index contributed by atoms with van der Waals surface area (Å²) >= 11 is 0. The minimum Gasteiger partial charge on any atom is -0.410 e. The van der Waals surface area contributed by atoms with Crippen molar-refractivity contribution in [2.75, 3.05) is 0 Å². The van der Waals surface area contributed by atoms with Crippen LogP contribution in [0.3, 0.4) is 0 Å². The van der Waals surface area contributed by atoms with Crippen LogP contribution in [0.4, 0.5) is 0 Å². The zero-order chi connectivity index (χ0) is 9.14. The predicted octanol–water partition coefficient (Wildman–Crippen LogP) is -2.14. The monoisotopic (exact) mass is 168 g/mol. The van der Waals surface area contributed by atoms with Gasteiger partial charge in [0, 0.05) is 0 Å². The Balaban J connectivity index is 3.96. The zero-order valence-electron chi connectivity index (χ0n) is 5.76. The van der Waals surface area contributed by atoms with Gasteiger partial charge in [0.05, 0.1) is 0 Å². The van der Waals surface area contributed by atoms with E-state index >= 15 is 0 Å². The van der Waals surface area contributed by atoms with Crippen LogP contribution in [-0.2, 0) is 0 Å². The summed E-state index contributed by atoms with van der Waals surface area (Å²) in [6.45, 7) is 0. The molecule has 1 aromatic rings. The first kappa shape index (κ1) is 8.12. The Morgan fingerprint density at radius 1 is 1.08 bits per heavy atom. The summed E-state index contributed by atoms with van der Waals surface area (Å²) in [5.41, 5.74) is -1.61. The molecule has 0 spiro atoms. The molecule has 0 bridgehead atoms. The maximum Gasteiger partial charge on any atom is 0.240 e. The third-order valence-corrected chi connectivity index (χ3v) is 1.28. The Kier molecular flexibility index (Phi) is 2.00. The second-order valence-electron chi connectivity index (χ2n) is 1.96. The highest BCUT2D eigenvalue weighted by Gasteiger charge is 1.99. The molecule has 0 amide bonds. The van der Waals surface area contributed by atoms with E-state index in [4.69, 9.17) is 10.4 Å². The van der Waals surface area contributed by atoms with Gasteiger partial charge in [0.15, 0.2) is 10.7 Å². The van der Waals surface area contributed by atoms with Gasteiger partial charge in [0.2, 0.25) is 10.9 Å². The fraction of sp³-hybridized carbons (Fsp3) is 0. The number of hydrogen-bond donors (Lipinski definition) is 2. The summed E-state index contributed by atoms with van der Waals surface area (Å²) in [4.78, 5) is 21.7. The van der Waals surface area contributed by atoms with Crippen LogP contribution in [0.25, 0.3) is 0 Å². The average Bonchev–Trinajstić information content (AvgIpc) is 2.06. The normalized spacial score (nSPS) is 13.7. The molecule has 0 saturated heterocycles. The van der Waals surface area contributed by atoms with Gasteiger partial charge in [-0.15, -0.1) is 0 Å². The zero-order valence-corrected chi connectivity index (χ0v) is 5.76. The largest absolute Gasteiger partial charge is 0.410 e. The number of nitrogens with zero attached hydrogens (tertiary/aromatic N) is 2. The molecule has 1 rings (SSSR count). The molecule has 0 radical (unpaired) electrons. The summed E-state index contributed by atoms with van der Waals surface area (Å²) in [6, 6.07) is 2.02. The Bertz CT molecular complexity index is 496. The van der Waals surface area contributed by atoms with Crippen LogP contribution in [0, 0.1) is 0 Å². The van der Waals surface area contributed by atoms with Crippen molar-refractivity contribution in [1.29, 1.82) is 0 Å². The van der Waals surface area contributed by atoms with Crippen molar-refractivity contribution in [3.8, 4) is 0 Å². The average molecular weight is 168 g/mol. The molecular formula is C6H4N2O4. The van der Waals surface area contributed by atoms with Crippen molar-refractivity contribution < 1.29 is 10.4 Å². The molecule has 2 N–H and O–H groups in total. The maximum atomic E-state index is 10.9. The van der Waals surface area contributed by atoms with Gasteiger partial charge >= 0.3 is 0 Å². The van der Waals surface area contributed by atoms with E-state index in [1.165, 1.54) is 0 Å². The highest BCUT2D eigenvalue weighted by atomic mass is 16.4. The fourth-order valence-electron chi connectivity index (χ4n) is 0.716. The quantitative estimate of drug-likeness (QED) is 0.341. The van der Waals surface area contributed by atoms with Crippen molar-refractivity contribution >= 4 is 0 Å².